The van der Waals surface area contributed by atoms with E-state index in [1.54, 1.807) is 12.0 Å². The molecule has 1 aromatic carbocycles. The van der Waals surface area contributed by atoms with Gasteiger partial charge in [0.1, 0.15) is 12.1 Å². The molecule has 2 fully saturated rings. The number of nitrogens with one attached hydrogen (secondary N) is 1. The number of methoxy groups -OCH3 is 1. The van der Waals surface area contributed by atoms with Crippen LogP contribution in [0.5, 0.6) is 11.8 Å². The molecule has 1 aliphatic carbocycles. The molecule has 3 aliphatic rings. The number of carbonyl (C=O) groups is 2. The van der Waals surface area contributed by atoms with Gasteiger partial charge in [-0.1, -0.05) is 44.6 Å². The van der Waals surface area contributed by atoms with Gasteiger partial charge in [0.05, 0.1) is 24.4 Å². The number of benzene rings is 1. The van der Waals surface area contributed by atoms with Gasteiger partial charge in [-0.2, -0.15) is 0 Å². The molecule has 2 aliphatic heterocycles. The van der Waals surface area contributed by atoms with E-state index in [-0.39, 0.29) is 24.0 Å². The van der Waals surface area contributed by atoms with Crippen molar-refractivity contribution in [1.29, 1.82) is 0 Å². The largest absolute Gasteiger partial charge is 0.479 e. The van der Waals surface area contributed by atoms with Crippen molar-refractivity contribution in [3.8, 4) is 11.8 Å². The zero-order valence-corrected chi connectivity index (χ0v) is 22.1. The molecule has 198 valence electrons. The number of amides is 2. The minimum Gasteiger partial charge on any atom is -0.479 e. The van der Waals surface area contributed by atoms with Crippen LogP contribution in [-0.4, -0.2) is 58.8 Å². The lowest BCUT2D eigenvalue weighted by Gasteiger charge is -2.26. The Morgan fingerprint density at radius 2 is 1.84 bits per heavy atom. The maximum atomic E-state index is 13.6. The zero-order valence-electron chi connectivity index (χ0n) is 22.1. The van der Waals surface area contributed by atoms with E-state index >= 15 is 0 Å². The number of aromatic nitrogens is 2. The standard InChI is InChI=1S/C29H38N4O4/c1-4-19-13-18(2)9-5-6-10-20-15-24(20)30-27(35)25-16-21(17-33(25)26(34)14-19)37-29-23-12-8-7-11-22(23)28(36-3)31-32-29/h6-8,10-12,18-21,24-25H,4-5,9,13-17H2,1-3H3,(H,30,35)/b10-6-/t18?,19?,20-,21-,24?,25?/m1/s1. The summed E-state index contributed by atoms with van der Waals surface area (Å²) in [7, 11) is 1.56. The van der Waals surface area contributed by atoms with Crippen molar-refractivity contribution in [2.24, 2.45) is 17.8 Å². The fourth-order valence-corrected chi connectivity index (χ4v) is 5.83. The maximum Gasteiger partial charge on any atom is 0.243 e. The first-order valence-electron chi connectivity index (χ1n) is 13.7. The molecule has 4 unspecified atom stereocenters. The van der Waals surface area contributed by atoms with Crippen LogP contribution in [0, 0.1) is 17.8 Å². The summed E-state index contributed by atoms with van der Waals surface area (Å²) in [6, 6.07) is 7.28. The summed E-state index contributed by atoms with van der Waals surface area (Å²) in [6.45, 7) is 4.80. The number of rotatable bonds is 4. The van der Waals surface area contributed by atoms with Crippen LogP contribution < -0.4 is 14.8 Å². The topological polar surface area (TPSA) is 93.7 Å². The minimum absolute atomic E-state index is 0.0383. The Labute approximate surface area is 218 Å². The second-order valence-electron chi connectivity index (χ2n) is 10.9. The van der Waals surface area contributed by atoms with E-state index in [0.29, 0.717) is 48.9 Å². The number of nitrogens with zero attached hydrogens (tertiary/aromatic N) is 3. The average Bonchev–Trinajstić information content (AvgIpc) is 3.49. The van der Waals surface area contributed by atoms with Gasteiger partial charge in [-0.3, -0.25) is 9.59 Å². The molecule has 2 aromatic rings. The summed E-state index contributed by atoms with van der Waals surface area (Å²) in [5.41, 5.74) is 0. The molecule has 1 N–H and O–H groups in total. The average molecular weight is 507 g/mol. The van der Waals surface area contributed by atoms with E-state index in [0.717, 1.165) is 42.9 Å². The third-order valence-corrected chi connectivity index (χ3v) is 8.13. The van der Waals surface area contributed by atoms with Crippen LogP contribution in [0.15, 0.2) is 36.4 Å². The lowest BCUT2D eigenvalue weighted by atomic mass is 9.88. The first-order chi connectivity index (χ1) is 18.0. The molecule has 37 heavy (non-hydrogen) atoms. The molecule has 3 heterocycles. The van der Waals surface area contributed by atoms with Crippen molar-refractivity contribution in [1.82, 2.24) is 20.4 Å². The summed E-state index contributed by atoms with van der Waals surface area (Å²) in [5, 5.41) is 13.2. The highest BCUT2D eigenvalue weighted by molar-refractivity contribution is 5.91. The number of allylic oxidation sites excluding steroid dienone is 1. The van der Waals surface area contributed by atoms with Crippen LogP contribution in [0.2, 0.25) is 0 Å². The second-order valence-corrected chi connectivity index (χ2v) is 10.9. The summed E-state index contributed by atoms with van der Waals surface area (Å²) in [5.74, 6) is 2.05. The summed E-state index contributed by atoms with van der Waals surface area (Å²) < 4.78 is 11.7. The van der Waals surface area contributed by atoms with Gasteiger partial charge in [0, 0.05) is 18.9 Å². The van der Waals surface area contributed by atoms with Crippen molar-refractivity contribution >= 4 is 22.6 Å². The van der Waals surface area contributed by atoms with E-state index in [2.05, 4.69) is 41.5 Å². The Morgan fingerprint density at radius 3 is 2.59 bits per heavy atom. The molecule has 6 atom stereocenters. The molecule has 2 amide bonds. The molecular weight excluding hydrogens is 468 g/mol. The Hall–Kier alpha value is -3.16. The van der Waals surface area contributed by atoms with Crippen molar-refractivity contribution in [3.05, 3.63) is 36.4 Å². The first-order valence-corrected chi connectivity index (χ1v) is 13.7. The van der Waals surface area contributed by atoms with E-state index < -0.39 is 6.04 Å². The molecule has 5 rings (SSSR count). The van der Waals surface area contributed by atoms with Crippen LogP contribution in [0.3, 0.4) is 0 Å². The molecule has 8 heteroatoms. The molecule has 0 spiro atoms. The van der Waals surface area contributed by atoms with Gasteiger partial charge < -0.3 is 19.7 Å². The predicted molar refractivity (Wildman–Crippen MR) is 141 cm³/mol. The van der Waals surface area contributed by atoms with Gasteiger partial charge in [-0.05, 0) is 55.6 Å². The fourth-order valence-electron chi connectivity index (χ4n) is 5.83. The normalized spacial score (nSPS) is 31.5. The predicted octanol–water partition coefficient (Wildman–Crippen LogP) is 4.28. The molecule has 8 nitrogen and oxygen atoms in total. The van der Waals surface area contributed by atoms with Crippen LogP contribution in [0.4, 0.5) is 0 Å². The number of hydrogen-bond donors (Lipinski definition) is 1. The quantitative estimate of drug-likeness (QED) is 0.622. The smallest absolute Gasteiger partial charge is 0.243 e. The summed E-state index contributed by atoms with van der Waals surface area (Å²) >= 11 is 0. The Bertz CT molecular complexity index is 1170. The maximum absolute atomic E-state index is 13.6. The van der Waals surface area contributed by atoms with E-state index in [4.69, 9.17) is 9.47 Å². The minimum atomic E-state index is -0.541. The third kappa shape index (κ3) is 5.73. The summed E-state index contributed by atoms with van der Waals surface area (Å²) in [4.78, 5) is 28.7. The molecular formula is C29H38N4O4. The van der Waals surface area contributed by atoms with Crippen molar-refractivity contribution < 1.29 is 19.1 Å². The lowest BCUT2D eigenvalue weighted by Crippen LogP contribution is -2.47. The molecule has 0 bridgehead atoms. The molecule has 1 aromatic heterocycles. The van der Waals surface area contributed by atoms with Crippen LogP contribution in [0.1, 0.15) is 58.8 Å². The van der Waals surface area contributed by atoms with Crippen LogP contribution in [-0.2, 0) is 9.59 Å². The van der Waals surface area contributed by atoms with E-state index in [1.807, 2.05) is 24.3 Å². The van der Waals surface area contributed by atoms with E-state index in [1.165, 1.54) is 0 Å². The van der Waals surface area contributed by atoms with Crippen molar-refractivity contribution in [3.63, 3.8) is 0 Å². The lowest BCUT2D eigenvalue weighted by molar-refractivity contribution is -0.139. The van der Waals surface area contributed by atoms with Gasteiger partial charge in [-0.15, -0.1) is 10.2 Å². The van der Waals surface area contributed by atoms with E-state index in [9.17, 15) is 9.59 Å². The van der Waals surface area contributed by atoms with Gasteiger partial charge >= 0.3 is 0 Å². The highest BCUT2D eigenvalue weighted by Crippen LogP contribution is 2.35. The second kappa shape index (κ2) is 11.1. The van der Waals surface area contributed by atoms with Crippen LogP contribution in [0.25, 0.3) is 10.8 Å². The van der Waals surface area contributed by atoms with Gasteiger partial charge in [-0.25, -0.2) is 0 Å². The number of ether oxygens (including phenoxy) is 2. The highest BCUT2D eigenvalue weighted by atomic mass is 16.5. The van der Waals surface area contributed by atoms with Crippen LogP contribution >= 0.6 is 0 Å². The zero-order chi connectivity index (χ0) is 25.9. The third-order valence-electron chi connectivity index (χ3n) is 8.13. The molecule has 0 radical (unpaired) electrons. The Kier molecular flexibility index (Phi) is 7.63. The fraction of sp³-hybridized carbons (Fsp3) is 0.586. The monoisotopic (exact) mass is 506 g/mol. The first kappa shape index (κ1) is 25.5. The SMILES string of the molecule is CCC1CC(=O)N2C[C@H](Oc3nnc(OC)c4ccccc34)CC2C(=O)NC2C[C@H]2/C=C\CCC(C)C1. The number of fused-ring (bicyclic) bond motifs is 3. The van der Waals surface area contributed by atoms with Gasteiger partial charge in [0.2, 0.25) is 23.6 Å². The van der Waals surface area contributed by atoms with Crippen molar-refractivity contribution in [2.45, 2.75) is 77.0 Å². The van der Waals surface area contributed by atoms with Gasteiger partial charge in [0.15, 0.2) is 0 Å². The van der Waals surface area contributed by atoms with Crippen molar-refractivity contribution in [2.75, 3.05) is 13.7 Å². The Morgan fingerprint density at radius 1 is 1.08 bits per heavy atom. The summed E-state index contributed by atoms with van der Waals surface area (Å²) in [6.07, 6.45) is 10.2. The Balaban J connectivity index is 1.37. The highest BCUT2D eigenvalue weighted by Gasteiger charge is 2.44. The molecule has 1 saturated carbocycles. The number of hydrogen-bond acceptors (Lipinski definition) is 6. The molecule has 1 saturated heterocycles. The number of carbonyl (C=O) groups excluding carboxylic acids is 2. The van der Waals surface area contributed by atoms with Gasteiger partial charge in [0.25, 0.3) is 0 Å².